The van der Waals surface area contributed by atoms with Crippen molar-refractivity contribution in [1.82, 2.24) is 14.8 Å². The lowest BCUT2D eigenvalue weighted by atomic mass is 10.0. The smallest absolute Gasteiger partial charge is 0.417 e. The second-order valence-electron chi connectivity index (χ2n) is 5.30. The number of nitrogens with zero attached hydrogens (tertiary/aromatic N) is 3. The summed E-state index contributed by atoms with van der Waals surface area (Å²) >= 11 is 0. The predicted molar refractivity (Wildman–Crippen MR) is 81.7 cm³/mol. The fourth-order valence-corrected chi connectivity index (χ4v) is 2.07. The van der Waals surface area contributed by atoms with E-state index < -0.39 is 17.7 Å². The standard InChI is InChI=1S/C16H16F3N3O2/c1-3-10(2)15-11(4-7-14(23)24)9-22(21-15)13-6-5-12(8-20-13)16(17,18)19/h4-10H,3H2,1-2H3,(H,23,24). The molecule has 0 aromatic carbocycles. The Bertz CT molecular complexity index is 749. The summed E-state index contributed by atoms with van der Waals surface area (Å²) in [5.41, 5.74) is 0.414. The van der Waals surface area contributed by atoms with Gasteiger partial charge in [-0.05, 0) is 24.6 Å². The highest BCUT2D eigenvalue weighted by Gasteiger charge is 2.30. The van der Waals surface area contributed by atoms with Gasteiger partial charge in [0.05, 0.1) is 11.3 Å². The first kappa shape index (κ1) is 17.7. The zero-order chi connectivity index (χ0) is 17.9. The average Bonchev–Trinajstić information content (AvgIpc) is 2.95. The highest BCUT2D eigenvalue weighted by molar-refractivity contribution is 5.85. The van der Waals surface area contributed by atoms with E-state index in [1.807, 2.05) is 13.8 Å². The summed E-state index contributed by atoms with van der Waals surface area (Å²) in [4.78, 5) is 14.5. The van der Waals surface area contributed by atoms with Gasteiger partial charge in [-0.3, -0.25) is 0 Å². The van der Waals surface area contributed by atoms with Crippen LogP contribution in [0.25, 0.3) is 11.9 Å². The molecule has 2 heterocycles. The quantitative estimate of drug-likeness (QED) is 0.839. The highest BCUT2D eigenvalue weighted by Crippen LogP contribution is 2.29. The Hall–Kier alpha value is -2.64. The van der Waals surface area contributed by atoms with Crippen molar-refractivity contribution in [1.29, 1.82) is 0 Å². The van der Waals surface area contributed by atoms with Crippen LogP contribution in [0, 0.1) is 0 Å². The number of carboxylic acids is 1. The lowest BCUT2D eigenvalue weighted by molar-refractivity contribution is -0.137. The molecule has 0 bridgehead atoms. The number of aliphatic carboxylic acids is 1. The van der Waals surface area contributed by atoms with Gasteiger partial charge in [0.1, 0.15) is 0 Å². The van der Waals surface area contributed by atoms with Gasteiger partial charge in [-0.2, -0.15) is 18.3 Å². The third-order valence-electron chi connectivity index (χ3n) is 3.57. The van der Waals surface area contributed by atoms with Gasteiger partial charge in [-0.1, -0.05) is 13.8 Å². The maximum Gasteiger partial charge on any atom is 0.417 e. The topological polar surface area (TPSA) is 68.0 Å². The SMILES string of the molecule is CCC(C)c1nn(-c2ccc(C(F)(F)F)cn2)cc1C=CC(=O)O. The predicted octanol–water partition coefficient (Wildman–Crippen LogP) is 3.90. The number of halogens is 3. The second kappa shape index (κ2) is 6.86. The minimum Gasteiger partial charge on any atom is -0.478 e. The molecule has 0 spiro atoms. The molecule has 0 aliphatic rings. The van der Waals surface area contributed by atoms with Gasteiger partial charge in [0.15, 0.2) is 5.82 Å². The Balaban J connectivity index is 2.42. The number of aromatic nitrogens is 3. The molecule has 0 aliphatic heterocycles. The number of rotatable bonds is 5. The van der Waals surface area contributed by atoms with Crippen LogP contribution < -0.4 is 0 Å². The van der Waals surface area contributed by atoms with Crippen molar-refractivity contribution in [3.63, 3.8) is 0 Å². The van der Waals surface area contributed by atoms with Crippen LogP contribution in [0.3, 0.4) is 0 Å². The molecular formula is C16H16F3N3O2. The fourth-order valence-electron chi connectivity index (χ4n) is 2.07. The zero-order valence-corrected chi connectivity index (χ0v) is 13.1. The minimum atomic E-state index is -4.45. The molecule has 2 rings (SSSR count). The molecule has 2 aromatic rings. The Kier molecular flexibility index (Phi) is 5.06. The summed E-state index contributed by atoms with van der Waals surface area (Å²) < 4.78 is 39.1. The Morgan fingerprint density at radius 1 is 1.42 bits per heavy atom. The number of alkyl halides is 3. The summed E-state index contributed by atoms with van der Waals surface area (Å²) in [7, 11) is 0. The van der Waals surface area contributed by atoms with Gasteiger partial charge in [-0.15, -0.1) is 0 Å². The number of hydrogen-bond acceptors (Lipinski definition) is 3. The van der Waals surface area contributed by atoms with Gasteiger partial charge in [0, 0.05) is 30.0 Å². The van der Waals surface area contributed by atoms with E-state index in [9.17, 15) is 18.0 Å². The van der Waals surface area contributed by atoms with E-state index >= 15 is 0 Å². The van der Waals surface area contributed by atoms with Crippen LogP contribution >= 0.6 is 0 Å². The van der Waals surface area contributed by atoms with Crippen molar-refractivity contribution in [2.45, 2.75) is 32.4 Å². The van der Waals surface area contributed by atoms with Crippen LogP contribution in [-0.2, 0) is 11.0 Å². The van der Waals surface area contributed by atoms with Crippen molar-refractivity contribution in [3.8, 4) is 5.82 Å². The normalized spacial score (nSPS) is 13.4. The summed E-state index contributed by atoms with van der Waals surface area (Å²) in [5.74, 6) is -0.804. The molecule has 5 nitrogen and oxygen atoms in total. The molecule has 8 heteroatoms. The summed E-state index contributed by atoms with van der Waals surface area (Å²) in [5, 5.41) is 13.1. The van der Waals surface area contributed by atoms with Gasteiger partial charge in [-0.25, -0.2) is 14.5 Å². The molecule has 24 heavy (non-hydrogen) atoms. The van der Waals surface area contributed by atoms with Gasteiger partial charge in [0.2, 0.25) is 0 Å². The van der Waals surface area contributed by atoms with E-state index in [2.05, 4.69) is 10.1 Å². The Morgan fingerprint density at radius 3 is 2.62 bits per heavy atom. The van der Waals surface area contributed by atoms with E-state index in [0.29, 0.717) is 11.3 Å². The maximum atomic E-state index is 12.6. The van der Waals surface area contributed by atoms with Crippen molar-refractivity contribution in [2.24, 2.45) is 0 Å². The van der Waals surface area contributed by atoms with Crippen molar-refractivity contribution < 1.29 is 23.1 Å². The largest absolute Gasteiger partial charge is 0.478 e. The molecule has 0 aliphatic carbocycles. The summed E-state index contributed by atoms with van der Waals surface area (Å²) in [6.45, 7) is 3.90. The van der Waals surface area contributed by atoms with Crippen molar-refractivity contribution in [2.75, 3.05) is 0 Å². The lowest BCUT2D eigenvalue weighted by Gasteiger charge is -2.07. The first-order chi connectivity index (χ1) is 11.2. The van der Waals surface area contributed by atoms with E-state index in [0.717, 1.165) is 24.8 Å². The van der Waals surface area contributed by atoms with E-state index in [-0.39, 0.29) is 11.7 Å². The summed E-state index contributed by atoms with van der Waals surface area (Å²) in [6, 6.07) is 2.15. The first-order valence-electron chi connectivity index (χ1n) is 7.26. The van der Waals surface area contributed by atoms with Crippen LogP contribution in [-0.4, -0.2) is 25.8 Å². The minimum absolute atomic E-state index is 0.0640. The first-order valence-corrected chi connectivity index (χ1v) is 7.26. The van der Waals surface area contributed by atoms with Crippen molar-refractivity contribution >= 4 is 12.0 Å². The molecule has 1 N–H and O–H groups in total. The van der Waals surface area contributed by atoms with Crippen LogP contribution in [0.1, 0.15) is 43.0 Å². The highest BCUT2D eigenvalue weighted by atomic mass is 19.4. The molecule has 1 atom stereocenters. The number of hydrogen-bond donors (Lipinski definition) is 1. The maximum absolute atomic E-state index is 12.6. The molecule has 0 amide bonds. The molecule has 0 fully saturated rings. The number of carbonyl (C=O) groups is 1. The third kappa shape index (κ3) is 4.01. The van der Waals surface area contributed by atoms with E-state index in [1.54, 1.807) is 6.20 Å². The van der Waals surface area contributed by atoms with Crippen LogP contribution in [0.2, 0.25) is 0 Å². The molecule has 0 radical (unpaired) electrons. The monoisotopic (exact) mass is 339 g/mol. The third-order valence-corrected chi connectivity index (χ3v) is 3.57. The van der Waals surface area contributed by atoms with Gasteiger partial charge >= 0.3 is 12.1 Å². The van der Waals surface area contributed by atoms with E-state index in [4.69, 9.17) is 5.11 Å². The molecular weight excluding hydrogens is 323 g/mol. The molecule has 0 saturated heterocycles. The zero-order valence-electron chi connectivity index (χ0n) is 13.1. The van der Waals surface area contributed by atoms with Gasteiger partial charge in [0.25, 0.3) is 0 Å². The molecule has 2 aromatic heterocycles. The average molecular weight is 339 g/mol. The fraction of sp³-hybridized carbons (Fsp3) is 0.312. The second-order valence-corrected chi connectivity index (χ2v) is 5.30. The van der Waals surface area contributed by atoms with Crippen LogP contribution in [0.4, 0.5) is 13.2 Å². The Morgan fingerprint density at radius 2 is 2.12 bits per heavy atom. The molecule has 0 saturated carbocycles. The van der Waals surface area contributed by atoms with Crippen LogP contribution in [0.5, 0.6) is 0 Å². The molecule has 1 unspecified atom stereocenters. The van der Waals surface area contributed by atoms with Crippen molar-refractivity contribution in [3.05, 3.63) is 47.4 Å². The van der Waals surface area contributed by atoms with Gasteiger partial charge < -0.3 is 5.11 Å². The molecule has 128 valence electrons. The lowest BCUT2D eigenvalue weighted by Crippen LogP contribution is -2.07. The Labute approximate surface area is 136 Å². The number of pyridine rings is 1. The van der Waals surface area contributed by atoms with Crippen LogP contribution in [0.15, 0.2) is 30.6 Å². The van der Waals surface area contributed by atoms with E-state index in [1.165, 1.54) is 16.8 Å². The summed E-state index contributed by atoms with van der Waals surface area (Å²) in [6.07, 6.45) is 1.03. The number of carboxylic acid groups (broad SMARTS) is 1.